The summed E-state index contributed by atoms with van der Waals surface area (Å²) in [7, 11) is 0. The minimum atomic E-state index is -0.725. The Balaban J connectivity index is 2.48. The largest absolute Gasteiger partial charge is 0.305 e. The molecule has 0 bridgehead atoms. The van der Waals surface area contributed by atoms with Crippen molar-refractivity contribution in [2.75, 3.05) is 11.4 Å². The van der Waals surface area contributed by atoms with Gasteiger partial charge in [-0.15, -0.1) is 0 Å². The molecular weight excluding hydrogens is 322 g/mol. The maximum Gasteiger partial charge on any atom is 0.299 e. The zero-order valence-electron chi connectivity index (χ0n) is 9.48. The summed E-state index contributed by atoms with van der Waals surface area (Å²) in [5.74, 6) is -0.251. The van der Waals surface area contributed by atoms with Crippen LogP contribution >= 0.6 is 15.9 Å². The van der Waals surface area contributed by atoms with Gasteiger partial charge in [0.2, 0.25) is 5.91 Å². The molecule has 9 heteroatoms. The molecule has 2 rings (SSSR count). The van der Waals surface area contributed by atoms with Crippen molar-refractivity contribution in [1.82, 2.24) is 0 Å². The van der Waals surface area contributed by atoms with Crippen LogP contribution in [0, 0.1) is 20.2 Å². The van der Waals surface area contributed by atoms with E-state index in [9.17, 15) is 25.0 Å². The van der Waals surface area contributed by atoms with Gasteiger partial charge in [0.1, 0.15) is 5.69 Å². The number of hydrogen-bond donors (Lipinski definition) is 0. The summed E-state index contributed by atoms with van der Waals surface area (Å²) in [6.45, 7) is 0.303. The van der Waals surface area contributed by atoms with Crippen LogP contribution in [0.2, 0.25) is 0 Å². The molecule has 1 aliphatic rings. The van der Waals surface area contributed by atoms with E-state index in [2.05, 4.69) is 15.9 Å². The highest BCUT2D eigenvalue weighted by Crippen LogP contribution is 2.35. The normalized spacial score (nSPS) is 18.7. The van der Waals surface area contributed by atoms with Crippen LogP contribution in [0.3, 0.4) is 0 Å². The van der Waals surface area contributed by atoms with Crippen molar-refractivity contribution < 1.29 is 14.6 Å². The molecule has 0 aliphatic carbocycles. The Morgan fingerprint density at radius 1 is 1.26 bits per heavy atom. The van der Waals surface area contributed by atoms with Crippen LogP contribution in [0.4, 0.5) is 17.1 Å². The van der Waals surface area contributed by atoms with Gasteiger partial charge < -0.3 is 4.90 Å². The van der Waals surface area contributed by atoms with E-state index in [0.717, 1.165) is 12.1 Å². The lowest BCUT2D eigenvalue weighted by Gasteiger charge is -2.15. The van der Waals surface area contributed by atoms with Gasteiger partial charge >= 0.3 is 0 Å². The molecule has 8 nitrogen and oxygen atoms in total. The summed E-state index contributed by atoms with van der Waals surface area (Å²) < 4.78 is 0. The van der Waals surface area contributed by atoms with Crippen molar-refractivity contribution in [3.63, 3.8) is 0 Å². The first-order valence-corrected chi connectivity index (χ1v) is 6.19. The number of amides is 1. The molecule has 1 unspecified atom stereocenters. The Labute approximate surface area is 115 Å². The summed E-state index contributed by atoms with van der Waals surface area (Å²) >= 11 is 3.28. The first-order valence-electron chi connectivity index (χ1n) is 5.27. The monoisotopic (exact) mass is 329 g/mol. The van der Waals surface area contributed by atoms with Gasteiger partial charge in [-0.25, -0.2) is 0 Å². The predicted octanol–water partition coefficient (Wildman–Crippen LogP) is 2.00. The van der Waals surface area contributed by atoms with Crippen LogP contribution in [0.25, 0.3) is 0 Å². The Bertz CT molecular complexity index is 576. The minimum absolute atomic E-state index is 0.0743. The van der Waals surface area contributed by atoms with Gasteiger partial charge in [0, 0.05) is 23.9 Å². The van der Waals surface area contributed by atoms with Crippen molar-refractivity contribution in [2.45, 2.75) is 11.2 Å². The number of non-ortho nitro benzene ring substituents is 1. The molecular formula is C10H8BrN3O5. The predicted molar refractivity (Wildman–Crippen MR) is 69.4 cm³/mol. The van der Waals surface area contributed by atoms with Gasteiger partial charge in [-0.3, -0.25) is 25.0 Å². The highest BCUT2D eigenvalue weighted by Gasteiger charge is 2.33. The standard InChI is InChI=1S/C10H8BrN3O5/c11-6-3-10(15)12(5-6)8-2-1-7(13(16)17)4-9(8)14(18)19/h1-2,4,6H,3,5H2. The third-order valence-electron chi connectivity index (χ3n) is 2.74. The van der Waals surface area contributed by atoms with E-state index in [1.807, 2.05) is 0 Å². The van der Waals surface area contributed by atoms with Crippen molar-refractivity contribution in [3.8, 4) is 0 Å². The van der Waals surface area contributed by atoms with E-state index in [1.165, 1.54) is 11.0 Å². The van der Waals surface area contributed by atoms with Gasteiger partial charge in [0.15, 0.2) is 0 Å². The van der Waals surface area contributed by atoms with E-state index in [1.54, 1.807) is 0 Å². The van der Waals surface area contributed by atoms with E-state index in [4.69, 9.17) is 0 Å². The van der Waals surface area contributed by atoms with Crippen molar-refractivity contribution in [1.29, 1.82) is 0 Å². The maximum absolute atomic E-state index is 11.7. The van der Waals surface area contributed by atoms with Gasteiger partial charge in [0.05, 0.1) is 15.9 Å². The quantitative estimate of drug-likeness (QED) is 0.479. The number of halogens is 1. The van der Waals surface area contributed by atoms with Crippen molar-refractivity contribution in [2.24, 2.45) is 0 Å². The molecule has 1 aliphatic heterocycles. The number of nitrogens with zero attached hydrogens (tertiary/aromatic N) is 3. The third kappa shape index (κ3) is 2.55. The molecule has 100 valence electrons. The lowest BCUT2D eigenvalue weighted by molar-refractivity contribution is -0.393. The Morgan fingerprint density at radius 3 is 2.42 bits per heavy atom. The first-order chi connectivity index (χ1) is 8.90. The zero-order valence-corrected chi connectivity index (χ0v) is 11.1. The fourth-order valence-electron chi connectivity index (χ4n) is 1.90. The molecule has 0 radical (unpaired) electrons. The highest BCUT2D eigenvalue weighted by molar-refractivity contribution is 9.09. The number of rotatable bonds is 3. The number of nitro benzene ring substituents is 2. The second kappa shape index (κ2) is 4.92. The SMILES string of the molecule is O=C1CC(Br)CN1c1ccc([N+](=O)[O-])cc1[N+](=O)[O-]. The minimum Gasteiger partial charge on any atom is -0.305 e. The number of nitro groups is 2. The van der Waals surface area contributed by atoms with Crippen LogP contribution < -0.4 is 4.90 Å². The molecule has 0 aromatic heterocycles. The van der Waals surface area contributed by atoms with Crippen LogP contribution in [-0.4, -0.2) is 27.1 Å². The number of benzene rings is 1. The molecule has 1 saturated heterocycles. The van der Waals surface area contributed by atoms with Gasteiger partial charge in [-0.2, -0.15) is 0 Å². The van der Waals surface area contributed by atoms with Crippen LogP contribution in [0.5, 0.6) is 0 Å². The van der Waals surface area contributed by atoms with Crippen LogP contribution in [0.1, 0.15) is 6.42 Å². The average Bonchev–Trinajstić information content (AvgIpc) is 2.67. The fourth-order valence-corrected chi connectivity index (χ4v) is 2.46. The van der Waals surface area contributed by atoms with Gasteiger partial charge in [-0.05, 0) is 6.07 Å². The Morgan fingerprint density at radius 2 is 1.95 bits per heavy atom. The average molecular weight is 330 g/mol. The lowest BCUT2D eigenvalue weighted by Crippen LogP contribution is -2.25. The van der Waals surface area contributed by atoms with E-state index >= 15 is 0 Å². The molecule has 0 spiro atoms. The summed E-state index contributed by atoms with van der Waals surface area (Å²) in [5.41, 5.74) is -0.732. The molecule has 19 heavy (non-hydrogen) atoms. The zero-order chi connectivity index (χ0) is 14.2. The highest BCUT2D eigenvalue weighted by atomic mass is 79.9. The van der Waals surface area contributed by atoms with Crippen molar-refractivity contribution >= 4 is 38.9 Å². The van der Waals surface area contributed by atoms with E-state index in [0.29, 0.717) is 6.54 Å². The molecule has 1 aromatic carbocycles. The molecule has 1 atom stereocenters. The van der Waals surface area contributed by atoms with Crippen LogP contribution in [0.15, 0.2) is 18.2 Å². The lowest BCUT2D eigenvalue weighted by atomic mass is 10.2. The number of carbonyl (C=O) groups excluding carboxylic acids is 1. The smallest absolute Gasteiger partial charge is 0.299 e. The summed E-state index contributed by atoms with van der Waals surface area (Å²) in [5, 5.41) is 21.6. The van der Waals surface area contributed by atoms with Crippen molar-refractivity contribution in [3.05, 3.63) is 38.4 Å². The molecule has 1 amide bonds. The van der Waals surface area contributed by atoms with E-state index < -0.39 is 15.5 Å². The first kappa shape index (κ1) is 13.4. The molecule has 1 heterocycles. The van der Waals surface area contributed by atoms with Gasteiger partial charge in [0.25, 0.3) is 11.4 Å². The third-order valence-corrected chi connectivity index (χ3v) is 3.35. The summed E-state index contributed by atoms with van der Waals surface area (Å²) in [6.07, 6.45) is 0.244. The van der Waals surface area contributed by atoms with E-state index in [-0.39, 0.29) is 28.5 Å². The summed E-state index contributed by atoms with van der Waals surface area (Å²) in [6, 6.07) is 3.25. The Hall–Kier alpha value is -2.03. The number of hydrogen-bond acceptors (Lipinski definition) is 5. The number of carbonyl (C=O) groups is 1. The second-order valence-electron chi connectivity index (χ2n) is 3.99. The molecule has 0 saturated carbocycles. The fraction of sp³-hybridized carbons (Fsp3) is 0.300. The second-order valence-corrected chi connectivity index (χ2v) is 5.29. The maximum atomic E-state index is 11.7. The van der Waals surface area contributed by atoms with Crippen LogP contribution in [-0.2, 0) is 4.79 Å². The topological polar surface area (TPSA) is 107 Å². The number of anilines is 1. The van der Waals surface area contributed by atoms with Gasteiger partial charge in [-0.1, -0.05) is 15.9 Å². The Kier molecular flexibility index (Phi) is 3.47. The molecule has 1 aromatic rings. The number of alkyl halides is 1. The summed E-state index contributed by atoms with van der Waals surface area (Å²) in [4.78, 5) is 33.1. The molecule has 0 N–H and O–H groups in total. The molecule has 1 fully saturated rings.